The van der Waals surface area contributed by atoms with E-state index < -0.39 is 10.0 Å². The quantitative estimate of drug-likeness (QED) is 0.546. The van der Waals surface area contributed by atoms with Crippen LogP contribution in [0.15, 0.2) is 70.0 Å². The number of hydrogen-bond acceptors (Lipinski definition) is 4. The first kappa shape index (κ1) is 19.7. The molecule has 1 heterocycles. The van der Waals surface area contributed by atoms with Crippen molar-refractivity contribution in [1.29, 1.82) is 0 Å². The zero-order valence-corrected chi connectivity index (χ0v) is 18.1. The Labute approximate surface area is 177 Å². The first-order valence-electron chi connectivity index (χ1n) is 9.05. The summed E-state index contributed by atoms with van der Waals surface area (Å²) in [5, 5.41) is 1.51. The number of hydrogen-bond donors (Lipinski definition) is 0. The van der Waals surface area contributed by atoms with Gasteiger partial charge in [-0.1, -0.05) is 40.2 Å². The minimum atomic E-state index is -3.74. The molecule has 0 saturated heterocycles. The van der Waals surface area contributed by atoms with Gasteiger partial charge in [0.15, 0.2) is 0 Å². The lowest BCUT2D eigenvalue weighted by atomic mass is 10.1. The van der Waals surface area contributed by atoms with Gasteiger partial charge in [0.2, 0.25) is 5.91 Å². The van der Waals surface area contributed by atoms with Crippen LogP contribution in [0.4, 0.5) is 5.69 Å². The van der Waals surface area contributed by atoms with E-state index in [1.807, 2.05) is 36.4 Å². The molecular formula is C21H19BrN2O4S. The molecule has 4 rings (SSSR count). The van der Waals surface area contributed by atoms with Crippen LogP contribution in [0.3, 0.4) is 0 Å². The Bertz CT molecular complexity index is 1170. The average molecular weight is 475 g/mol. The number of halogens is 1. The lowest BCUT2D eigenvalue weighted by Crippen LogP contribution is -2.41. The Morgan fingerprint density at radius 3 is 2.48 bits per heavy atom. The van der Waals surface area contributed by atoms with Crippen molar-refractivity contribution in [3.05, 3.63) is 65.1 Å². The van der Waals surface area contributed by atoms with Crippen molar-refractivity contribution in [3.8, 4) is 5.75 Å². The van der Waals surface area contributed by atoms with Gasteiger partial charge in [-0.05, 0) is 41.8 Å². The van der Waals surface area contributed by atoms with Crippen LogP contribution in [0.1, 0.15) is 0 Å². The maximum Gasteiger partial charge on any atom is 0.265 e. The van der Waals surface area contributed by atoms with E-state index in [2.05, 4.69) is 15.9 Å². The highest BCUT2D eigenvalue weighted by molar-refractivity contribution is 9.10. The number of anilines is 1. The van der Waals surface area contributed by atoms with E-state index in [1.165, 1.54) is 9.21 Å². The summed E-state index contributed by atoms with van der Waals surface area (Å²) in [7, 11) is -2.10. The van der Waals surface area contributed by atoms with Crippen molar-refractivity contribution in [3.63, 3.8) is 0 Å². The Morgan fingerprint density at radius 2 is 1.76 bits per heavy atom. The fourth-order valence-electron chi connectivity index (χ4n) is 3.33. The summed E-state index contributed by atoms with van der Waals surface area (Å²) >= 11 is 3.37. The lowest BCUT2D eigenvalue weighted by Gasteiger charge is -2.23. The molecule has 8 heteroatoms. The highest BCUT2D eigenvalue weighted by atomic mass is 79.9. The van der Waals surface area contributed by atoms with Gasteiger partial charge in [-0.3, -0.25) is 9.10 Å². The van der Waals surface area contributed by atoms with Gasteiger partial charge < -0.3 is 9.64 Å². The number of nitrogens with zero attached hydrogens (tertiary/aromatic N) is 2. The van der Waals surface area contributed by atoms with Gasteiger partial charge in [0.25, 0.3) is 10.0 Å². The number of likely N-dealkylation sites (N-methyl/N-ethyl adjacent to an activating group) is 1. The van der Waals surface area contributed by atoms with Gasteiger partial charge in [-0.2, -0.15) is 0 Å². The van der Waals surface area contributed by atoms with E-state index in [9.17, 15) is 13.2 Å². The summed E-state index contributed by atoms with van der Waals surface area (Å²) in [6, 6.07) is 18.0. The second-order valence-corrected chi connectivity index (χ2v) is 9.51. The van der Waals surface area contributed by atoms with Crippen molar-refractivity contribution in [1.82, 2.24) is 4.90 Å². The fourth-order valence-corrected chi connectivity index (χ4v) is 5.25. The molecule has 0 unspecified atom stereocenters. The number of rotatable bonds is 6. The maximum absolute atomic E-state index is 13.0. The molecule has 0 radical (unpaired) electrons. The highest BCUT2D eigenvalue weighted by Gasteiger charge is 2.37. The number of carbonyl (C=O) groups is 1. The fraction of sp³-hybridized carbons (Fsp3) is 0.190. The second-order valence-electron chi connectivity index (χ2n) is 6.76. The van der Waals surface area contributed by atoms with Crippen molar-refractivity contribution in [2.45, 2.75) is 4.90 Å². The van der Waals surface area contributed by atoms with Crippen molar-refractivity contribution in [2.24, 2.45) is 0 Å². The predicted molar refractivity (Wildman–Crippen MR) is 116 cm³/mol. The Kier molecular flexibility index (Phi) is 5.23. The Balaban J connectivity index is 1.44. The van der Waals surface area contributed by atoms with E-state index in [4.69, 9.17) is 4.74 Å². The van der Waals surface area contributed by atoms with Crippen molar-refractivity contribution < 1.29 is 17.9 Å². The van der Waals surface area contributed by atoms with Crippen LogP contribution in [0.25, 0.3) is 10.8 Å². The number of sulfonamides is 1. The molecule has 29 heavy (non-hydrogen) atoms. The molecule has 0 saturated carbocycles. The van der Waals surface area contributed by atoms with Crippen molar-refractivity contribution >= 4 is 48.3 Å². The molecule has 0 bridgehead atoms. The van der Waals surface area contributed by atoms with Crippen LogP contribution < -0.4 is 9.04 Å². The third kappa shape index (κ3) is 3.70. The molecule has 1 aliphatic heterocycles. The number of benzene rings is 3. The topological polar surface area (TPSA) is 66.9 Å². The van der Waals surface area contributed by atoms with E-state index >= 15 is 0 Å². The molecule has 0 atom stereocenters. The first-order chi connectivity index (χ1) is 13.9. The average Bonchev–Trinajstić information content (AvgIpc) is 2.93. The van der Waals surface area contributed by atoms with Gasteiger partial charge in [0, 0.05) is 16.9 Å². The van der Waals surface area contributed by atoms with Crippen LogP contribution in [-0.4, -0.2) is 46.0 Å². The third-order valence-corrected chi connectivity index (χ3v) is 7.23. The number of carbonyl (C=O) groups excluding carboxylic acids is 1. The summed E-state index contributed by atoms with van der Waals surface area (Å²) in [6.45, 7) is 0.414. The van der Waals surface area contributed by atoms with Gasteiger partial charge in [-0.25, -0.2) is 8.42 Å². The van der Waals surface area contributed by atoms with Gasteiger partial charge >= 0.3 is 0 Å². The minimum Gasteiger partial charge on any atom is -0.492 e. The molecule has 6 nitrogen and oxygen atoms in total. The van der Waals surface area contributed by atoms with Crippen LogP contribution >= 0.6 is 15.9 Å². The molecule has 3 aromatic carbocycles. The van der Waals surface area contributed by atoms with Gasteiger partial charge in [0.05, 0.1) is 17.1 Å². The maximum atomic E-state index is 13.0. The molecule has 1 aliphatic rings. The third-order valence-electron chi connectivity index (χ3n) is 4.89. The molecule has 1 amide bonds. The normalized spacial score (nSPS) is 14.2. The zero-order chi connectivity index (χ0) is 20.6. The number of amides is 1. The van der Waals surface area contributed by atoms with Crippen LogP contribution in [0.2, 0.25) is 0 Å². The van der Waals surface area contributed by atoms with E-state index in [1.54, 1.807) is 31.3 Å². The summed E-state index contributed by atoms with van der Waals surface area (Å²) in [4.78, 5) is 14.4. The van der Waals surface area contributed by atoms with Gasteiger partial charge in [0.1, 0.15) is 18.9 Å². The van der Waals surface area contributed by atoms with Crippen LogP contribution in [-0.2, 0) is 14.8 Å². The highest BCUT2D eigenvalue weighted by Crippen LogP contribution is 2.41. The van der Waals surface area contributed by atoms with E-state index in [0.717, 1.165) is 9.86 Å². The molecule has 0 N–H and O–H groups in total. The van der Waals surface area contributed by atoms with Crippen molar-refractivity contribution in [2.75, 3.05) is 31.0 Å². The zero-order valence-electron chi connectivity index (χ0n) is 15.7. The predicted octanol–water partition coefficient (Wildman–Crippen LogP) is 3.65. The standard InChI is InChI=1S/C21H19BrN2O4S/c1-23(12-13-28-17-10-8-16(22)9-11-17)20(25)14-24-18-6-2-4-15-5-3-7-19(21(15)18)29(24,26)27/h2-11H,12-14H2,1H3. The molecule has 3 aromatic rings. The molecule has 0 aliphatic carbocycles. The summed E-state index contributed by atoms with van der Waals surface area (Å²) < 4.78 is 33.7. The largest absolute Gasteiger partial charge is 0.492 e. The first-order valence-corrected chi connectivity index (χ1v) is 11.3. The molecule has 0 spiro atoms. The summed E-state index contributed by atoms with van der Waals surface area (Å²) in [6.07, 6.45) is 0. The summed E-state index contributed by atoms with van der Waals surface area (Å²) in [5.74, 6) is 0.413. The van der Waals surface area contributed by atoms with E-state index in [0.29, 0.717) is 30.0 Å². The lowest BCUT2D eigenvalue weighted by molar-refractivity contribution is -0.128. The minimum absolute atomic E-state index is 0.245. The van der Waals surface area contributed by atoms with Gasteiger partial charge in [-0.15, -0.1) is 0 Å². The second kappa shape index (κ2) is 7.68. The molecule has 0 aromatic heterocycles. The van der Waals surface area contributed by atoms with E-state index in [-0.39, 0.29) is 17.3 Å². The Morgan fingerprint density at radius 1 is 1.07 bits per heavy atom. The number of ether oxygens (including phenoxy) is 1. The SMILES string of the molecule is CN(CCOc1ccc(Br)cc1)C(=O)CN1c2cccc3cccc(c23)S1(=O)=O. The van der Waals surface area contributed by atoms with Crippen LogP contribution in [0.5, 0.6) is 5.75 Å². The van der Waals surface area contributed by atoms with Crippen LogP contribution in [0, 0.1) is 0 Å². The monoisotopic (exact) mass is 474 g/mol. The summed E-state index contributed by atoms with van der Waals surface area (Å²) in [5.41, 5.74) is 0.547. The smallest absolute Gasteiger partial charge is 0.265 e. The molecule has 150 valence electrons. The Hall–Kier alpha value is -2.58. The molecular weight excluding hydrogens is 456 g/mol. The molecule has 0 fully saturated rings.